The molecule has 1 aromatic carbocycles. The van der Waals surface area contributed by atoms with Gasteiger partial charge in [0.05, 0.1) is 32.7 Å². The number of rotatable bonds is 8. The summed E-state index contributed by atoms with van der Waals surface area (Å²) >= 11 is 0. The fourth-order valence-corrected chi connectivity index (χ4v) is 5.08. The number of aryl methyl sites for hydroxylation is 1. The standard InChI is InChI=1S/C26H38N6O4/c1-32(2)24-19-8-6-7-9-20(19)30-25(31-24)27-16-10-12-17(13-11-16)28-26(33)29-18-14-21(34-3)23(36-5)22(15-18)35-4/h14-17H,6-13H2,1-5H3,(H,27,30,31)(H2,28,29,33)/t16-,17+. The zero-order chi connectivity index (χ0) is 25.7. The first kappa shape index (κ1) is 25.7. The molecule has 0 unspecified atom stereocenters. The van der Waals surface area contributed by atoms with Crippen LogP contribution in [0, 0.1) is 0 Å². The van der Waals surface area contributed by atoms with E-state index in [0.717, 1.165) is 50.3 Å². The summed E-state index contributed by atoms with van der Waals surface area (Å²) in [5, 5.41) is 9.53. The maximum absolute atomic E-state index is 12.7. The monoisotopic (exact) mass is 498 g/mol. The second-order valence-electron chi connectivity index (χ2n) is 9.60. The van der Waals surface area contributed by atoms with Crippen molar-refractivity contribution in [1.82, 2.24) is 15.3 Å². The van der Waals surface area contributed by atoms with Crippen LogP contribution in [0.15, 0.2) is 12.1 Å². The lowest BCUT2D eigenvalue weighted by molar-refractivity contribution is 0.243. The van der Waals surface area contributed by atoms with Crippen LogP contribution in [0.1, 0.15) is 49.8 Å². The molecule has 0 spiro atoms. The Labute approximate surface area is 213 Å². The van der Waals surface area contributed by atoms with E-state index in [-0.39, 0.29) is 18.1 Å². The van der Waals surface area contributed by atoms with E-state index in [4.69, 9.17) is 24.2 Å². The second-order valence-corrected chi connectivity index (χ2v) is 9.60. The van der Waals surface area contributed by atoms with Crippen molar-refractivity contribution in [3.63, 3.8) is 0 Å². The van der Waals surface area contributed by atoms with Gasteiger partial charge in [0.25, 0.3) is 0 Å². The highest BCUT2D eigenvalue weighted by molar-refractivity contribution is 5.90. The average Bonchev–Trinajstić information content (AvgIpc) is 2.88. The highest BCUT2D eigenvalue weighted by Crippen LogP contribution is 2.40. The fourth-order valence-electron chi connectivity index (χ4n) is 5.08. The number of urea groups is 1. The van der Waals surface area contributed by atoms with Crippen molar-refractivity contribution in [3.8, 4) is 17.2 Å². The molecule has 2 aromatic rings. The SMILES string of the molecule is COc1cc(NC(=O)N[C@H]2CC[C@@H](Nc3nc4c(c(N(C)C)n3)CCCC4)CC2)cc(OC)c1OC. The van der Waals surface area contributed by atoms with E-state index in [9.17, 15) is 4.79 Å². The molecule has 0 radical (unpaired) electrons. The first-order valence-electron chi connectivity index (χ1n) is 12.6. The number of ether oxygens (including phenoxy) is 3. The van der Waals surface area contributed by atoms with Gasteiger partial charge in [0.1, 0.15) is 5.82 Å². The maximum atomic E-state index is 12.7. The van der Waals surface area contributed by atoms with Gasteiger partial charge in [-0.3, -0.25) is 0 Å². The molecule has 3 N–H and O–H groups in total. The van der Waals surface area contributed by atoms with Crippen molar-refractivity contribution < 1.29 is 19.0 Å². The number of aromatic nitrogens is 2. The predicted molar refractivity (Wildman–Crippen MR) is 141 cm³/mol. The molecule has 1 heterocycles. The van der Waals surface area contributed by atoms with E-state index in [1.54, 1.807) is 33.5 Å². The van der Waals surface area contributed by atoms with Crippen LogP contribution in [0.3, 0.4) is 0 Å². The van der Waals surface area contributed by atoms with Crippen LogP contribution in [0.2, 0.25) is 0 Å². The number of benzene rings is 1. The Morgan fingerprint density at radius 2 is 1.56 bits per heavy atom. The van der Waals surface area contributed by atoms with Gasteiger partial charge in [-0.05, 0) is 51.4 Å². The normalized spacial score (nSPS) is 19.0. The molecule has 0 bridgehead atoms. The summed E-state index contributed by atoms with van der Waals surface area (Å²) in [5.41, 5.74) is 3.04. The average molecular weight is 499 g/mol. The molecule has 4 rings (SSSR count). The molecule has 1 saturated carbocycles. The smallest absolute Gasteiger partial charge is 0.319 e. The van der Waals surface area contributed by atoms with Crippen molar-refractivity contribution >= 4 is 23.5 Å². The summed E-state index contributed by atoms with van der Waals surface area (Å²) in [4.78, 5) is 24.4. The first-order valence-corrected chi connectivity index (χ1v) is 12.6. The lowest BCUT2D eigenvalue weighted by Crippen LogP contribution is -2.42. The minimum absolute atomic E-state index is 0.104. The van der Waals surface area contributed by atoms with Crippen LogP contribution in [-0.2, 0) is 12.8 Å². The number of carbonyl (C=O) groups is 1. The van der Waals surface area contributed by atoms with Crippen LogP contribution in [0.25, 0.3) is 0 Å². The first-order chi connectivity index (χ1) is 17.4. The van der Waals surface area contributed by atoms with Gasteiger partial charge >= 0.3 is 6.03 Å². The molecule has 1 aromatic heterocycles. The molecule has 0 atom stereocenters. The van der Waals surface area contributed by atoms with Gasteiger partial charge in [-0.2, -0.15) is 4.98 Å². The third kappa shape index (κ3) is 5.85. The van der Waals surface area contributed by atoms with E-state index in [1.807, 2.05) is 14.1 Å². The molecule has 0 aliphatic heterocycles. The number of hydrogen-bond donors (Lipinski definition) is 3. The van der Waals surface area contributed by atoms with Gasteiger partial charge < -0.3 is 35.1 Å². The molecule has 1 fully saturated rings. The Balaban J connectivity index is 1.31. The number of nitrogens with one attached hydrogen (secondary N) is 3. The zero-order valence-corrected chi connectivity index (χ0v) is 21.9. The Kier molecular flexibility index (Phi) is 8.22. The third-order valence-electron chi connectivity index (χ3n) is 6.90. The Bertz CT molecular complexity index is 1040. The number of amides is 2. The summed E-state index contributed by atoms with van der Waals surface area (Å²) in [6.07, 6.45) is 8.10. The Morgan fingerprint density at radius 1 is 0.917 bits per heavy atom. The number of hydrogen-bond acceptors (Lipinski definition) is 8. The lowest BCUT2D eigenvalue weighted by Gasteiger charge is -2.30. The van der Waals surface area contributed by atoms with Gasteiger partial charge in [-0.1, -0.05) is 0 Å². The molecule has 36 heavy (non-hydrogen) atoms. The molecule has 2 aliphatic carbocycles. The van der Waals surface area contributed by atoms with Crippen molar-refractivity contribution in [3.05, 3.63) is 23.4 Å². The largest absolute Gasteiger partial charge is 0.493 e. The van der Waals surface area contributed by atoms with Gasteiger partial charge in [0.2, 0.25) is 11.7 Å². The number of fused-ring (bicyclic) bond motifs is 1. The zero-order valence-electron chi connectivity index (χ0n) is 21.9. The molecular formula is C26H38N6O4. The van der Waals surface area contributed by atoms with E-state index in [1.165, 1.54) is 24.1 Å². The second kappa shape index (κ2) is 11.5. The molecule has 0 saturated heterocycles. The number of carbonyl (C=O) groups excluding carboxylic acids is 1. The van der Waals surface area contributed by atoms with Crippen LogP contribution < -0.4 is 35.1 Å². The van der Waals surface area contributed by atoms with Crippen molar-refractivity contribution in [1.29, 1.82) is 0 Å². The van der Waals surface area contributed by atoms with E-state index < -0.39 is 0 Å². The molecule has 2 aliphatic rings. The molecular weight excluding hydrogens is 460 g/mol. The van der Waals surface area contributed by atoms with Crippen molar-refractivity contribution in [2.24, 2.45) is 0 Å². The van der Waals surface area contributed by atoms with Crippen LogP contribution in [0.4, 0.5) is 22.2 Å². The van der Waals surface area contributed by atoms with Gasteiger partial charge in [0, 0.05) is 43.9 Å². The topological polar surface area (TPSA) is 110 Å². The number of anilines is 3. The summed E-state index contributed by atoms with van der Waals surface area (Å²) in [7, 11) is 8.72. The molecule has 10 heteroatoms. The van der Waals surface area contributed by atoms with Crippen LogP contribution >= 0.6 is 0 Å². The maximum Gasteiger partial charge on any atom is 0.319 e. The minimum atomic E-state index is -0.255. The molecule has 2 amide bonds. The lowest BCUT2D eigenvalue weighted by atomic mass is 9.91. The minimum Gasteiger partial charge on any atom is -0.493 e. The van der Waals surface area contributed by atoms with Crippen molar-refractivity contribution in [2.45, 2.75) is 63.5 Å². The quantitative estimate of drug-likeness (QED) is 0.501. The van der Waals surface area contributed by atoms with Crippen LogP contribution in [0.5, 0.6) is 17.2 Å². The summed E-state index contributed by atoms with van der Waals surface area (Å²) < 4.78 is 16.1. The van der Waals surface area contributed by atoms with Gasteiger partial charge in [0.15, 0.2) is 11.5 Å². The van der Waals surface area contributed by atoms with Crippen molar-refractivity contribution in [2.75, 3.05) is 51.0 Å². The van der Waals surface area contributed by atoms with E-state index in [0.29, 0.717) is 22.9 Å². The van der Waals surface area contributed by atoms with Gasteiger partial charge in [-0.25, -0.2) is 9.78 Å². The summed E-state index contributed by atoms with van der Waals surface area (Å²) in [6.45, 7) is 0. The highest BCUT2D eigenvalue weighted by Gasteiger charge is 2.25. The number of nitrogens with zero attached hydrogens (tertiary/aromatic N) is 3. The Morgan fingerprint density at radius 3 is 2.17 bits per heavy atom. The predicted octanol–water partition coefficient (Wildman–Crippen LogP) is 3.99. The highest BCUT2D eigenvalue weighted by atomic mass is 16.5. The Hall–Kier alpha value is -3.43. The van der Waals surface area contributed by atoms with Gasteiger partial charge in [-0.15, -0.1) is 0 Å². The van der Waals surface area contributed by atoms with Crippen LogP contribution in [-0.4, -0.2) is 63.5 Å². The molecule has 196 valence electrons. The third-order valence-corrected chi connectivity index (χ3v) is 6.90. The number of methoxy groups -OCH3 is 3. The van der Waals surface area contributed by atoms with E-state index in [2.05, 4.69) is 20.9 Å². The molecule has 10 nitrogen and oxygen atoms in total. The summed E-state index contributed by atoms with van der Waals surface area (Å²) in [6, 6.07) is 3.56. The van der Waals surface area contributed by atoms with E-state index >= 15 is 0 Å². The summed E-state index contributed by atoms with van der Waals surface area (Å²) in [5.74, 6) is 3.20. The fraction of sp³-hybridized carbons (Fsp3) is 0.577.